The van der Waals surface area contributed by atoms with E-state index in [1.54, 1.807) is 0 Å². The van der Waals surface area contributed by atoms with Crippen molar-refractivity contribution in [3.05, 3.63) is 12.7 Å². The Balaban J connectivity index is 2.30. The summed E-state index contributed by atoms with van der Waals surface area (Å²) >= 11 is 0. The van der Waals surface area contributed by atoms with Crippen LogP contribution >= 0.6 is 0 Å². The van der Waals surface area contributed by atoms with Crippen LogP contribution in [0.15, 0.2) is 17.6 Å². The van der Waals surface area contributed by atoms with Crippen LogP contribution < -0.4 is 0 Å². The lowest BCUT2D eigenvalue weighted by Gasteiger charge is -2.22. The van der Waals surface area contributed by atoms with Crippen LogP contribution in [0.5, 0.6) is 0 Å². The van der Waals surface area contributed by atoms with E-state index in [4.69, 9.17) is 0 Å². The Kier molecular flexibility index (Phi) is 4.06. The molecule has 1 fully saturated rings. The summed E-state index contributed by atoms with van der Waals surface area (Å²) in [4.78, 5) is 4.30. The minimum atomic E-state index is 0.885. The molecule has 0 aromatic rings. The highest BCUT2D eigenvalue weighted by atomic mass is 14.7. The van der Waals surface area contributed by atoms with Crippen LogP contribution in [-0.4, -0.2) is 12.8 Å². The van der Waals surface area contributed by atoms with Gasteiger partial charge in [0.25, 0.3) is 0 Å². The summed E-state index contributed by atoms with van der Waals surface area (Å²) in [6.07, 6.45) is 9.72. The summed E-state index contributed by atoms with van der Waals surface area (Å²) in [5.41, 5.74) is 1.43. The van der Waals surface area contributed by atoms with Gasteiger partial charge in [-0.3, -0.25) is 4.99 Å². The Hall–Kier alpha value is -0.590. The third kappa shape index (κ3) is 2.80. The van der Waals surface area contributed by atoms with Crippen LogP contribution in [-0.2, 0) is 0 Å². The van der Waals surface area contributed by atoms with Crippen molar-refractivity contribution in [3.63, 3.8) is 0 Å². The molecular formula is C11H19N. The zero-order chi connectivity index (χ0) is 8.81. The van der Waals surface area contributed by atoms with Crippen molar-refractivity contribution in [2.45, 2.75) is 38.5 Å². The van der Waals surface area contributed by atoms with Crippen LogP contribution in [0.2, 0.25) is 0 Å². The van der Waals surface area contributed by atoms with Gasteiger partial charge in [-0.05, 0) is 44.4 Å². The molecule has 1 heteroatoms. The molecule has 1 aliphatic carbocycles. The molecule has 0 saturated heterocycles. The van der Waals surface area contributed by atoms with Gasteiger partial charge in [-0.2, -0.15) is 0 Å². The fraction of sp³-hybridized carbons (Fsp3) is 0.727. The van der Waals surface area contributed by atoms with Gasteiger partial charge in [-0.1, -0.05) is 6.08 Å². The quantitative estimate of drug-likeness (QED) is 0.569. The van der Waals surface area contributed by atoms with Gasteiger partial charge in [-0.25, -0.2) is 0 Å². The average Bonchev–Trinajstić information content (AvgIpc) is 2.15. The van der Waals surface area contributed by atoms with Crippen LogP contribution in [0.3, 0.4) is 0 Å². The van der Waals surface area contributed by atoms with Gasteiger partial charge in [-0.15, -0.1) is 6.58 Å². The number of aliphatic imine (C=N–C) groups is 1. The number of hydrogen-bond donors (Lipinski definition) is 0. The molecule has 1 atom stereocenters. The molecule has 0 amide bonds. The largest absolute Gasteiger partial charge is 0.297 e. The summed E-state index contributed by atoms with van der Waals surface area (Å²) in [6, 6.07) is 0. The van der Waals surface area contributed by atoms with E-state index in [0.29, 0.717) is 0 Å². The van der Waals surface area contributed by atoms with Crippen LogP contribution in [0, 0.1) is 5.92 Å². The van der Waals surface area contributed by atoms with Crippen LogP contribution in [0.1, 0.15) is 38.5 Å². The topological polar surface area (TPSA) is 12.4 Å². The van der Waals surface area contributed by atoms with Gasteiger partial charge < -0.3 is 0 Å². The summed E-state index contributed by atoms with van der Waals surface area (Å²) in [6.45, 7) is 3.75. The fourth-order valence-electron chi connectivity index (χ4n) is 1.94. The number of hydrogen-bond acceptors (Lipinski definition) is 1. The smallest absolute Gasteiger partial charge is 0.0276 e. The molecule has 0 spiro atoms. The maximum absolute atomic E-state index is 4.30. The van der Waals surface area contributed by atoms with Gasteiger partial charge >= 0.3 is 0 Å². The number of rotatable bonds is 3. The first-order valence-electron chi connectivity index (χ1n) is 4.92. The second-order valence-electron chi connectivity index (χ2n) is 3.62. The minimum absolute atomic E-state index is 0.885. The SMILES string of the molecule is C=CCCC1CCC/C(=N\C)C1. The molecular weight excluding hydrogens is 146 g/mol. The zero-order valence-electron chi connectivity index (χ0n) is 8.05. The summed E-state index contributed by atoms with van der Waals surface area (Å²) in [5, 5.41) is 0. The van der Waals surface area contributed by atoms with Crippen molar-refractivity contribution in [1.82, 2.24) is 0 Å². The maximum atomic E-state index is 4.30. The summed E-state index contributed by atoms with van der Waals surface area (Å²) < 4.78 is 0. The standard InChI is InChI=1S/C11H19N/c1-3-4-6-10-7-5-8-11(9-10)12-2/h3,10H,1,4-9H2,2H3/b12-11+. The molecule has 1 nitrogen and oxygen atoms in total. The minimum Gasteiger partial charge on any atom is -0.297 e. The third-order valence-electron chi connectivity index (χ3n) is 2.70. The molecule has 1 unspecified atom stereocenters. The summed E-state index contributed by atoms with van der Waals surface area (Å²) in [7, 11) is 1.92. The zero-order valence-corrected chi connectivity index (χ0v) is 8.05. The molecule has 0 aromatic heterocycles. The van der Waals surface area contributed by atoms with E-state index in [-0.39, 0.29) is 0 Å². The second kappa shape index (κ2) is 5.13. The molecule has 0 aromatic carbocycles. The highest BCUT2D eigenvalue weighted by molar-refractivity contribution is 5.85. The molecule has 0 heterocycles. The molecule has 1 rings (SSSR count). The van der Waals surface area contributed by atoms with Gasteiger partial charge in [0.2, 0.25) is 0 Å². The lowest BCUT2D eigenvalue weighted by Crippen LogP contribution is -2.14. The Morgan fingerprint density at radius 2 is 2.50 bits per heavy atom. The van der Waals surface area contributed by atoms with Crippen molar-refractivity contribution in [3.8, 4) is 0 Å². The molecule has 12 heavy (non-hydrogen) atoms. The predicted molar refractivity (Wildman–Crippen MR) is 54.7 cm³/mol. The van der Waals surface area contributed by atoms with Crippen molar-refractivity contribution < 1.29 is 0 Å². The highest BCUT2D eigenvalue weighted by Crippen LogP contribution is 2.25. The summed E-state index contributed by atoms with van der Waals surface area (Å²) in [5.74, 6) is 0.885. The molecule has 1 aliphatic rings. The van der Waals surface area contributed by atoms with Gasteiger partial charge in [0, 0.05) is 12.8 Å². The van der Waals surface area contributed by atoms with E-state index >= 15 is 0 Å². The van der Waals surface area contributed by atoms with Gasteiger partial charge in [0.15, 0.2) is 0 Å². The van der Waals surface area contributed by atoms with Crippen molar-refractivity contribution in [1.29, 1.82) is 0 Å². The maximum Gasteiger partial charge on any atom is 0.0276 e. The van der Waals surface area contributed by atoms with Gasteiger partial charge in [0.05, 0.1) is 0 Å². The van der Waals surface area contributed by atoms with Crippen LogP contribution in [0.4, 0.5) is 0 Å². The molecule has 0 N–H and O–H groups in total. The Morgan fingerprint density at radius 1 is 1.67 bits per heavy atom. The average molecular weight is 165 g/mol. The van der Waals surface area contributed by atoms with Crippen molar-refractivity contribution >= 4 is 5.71 Å². The number of allylic oxidation sites excluding steroid dienone is 1. The predicted octanol–water partition coefficient (Wildman–Crippen LogP) is 3.21. The molecule has 68 valence electrons. The van der Waals surface area contributed by atoms with E-state index < -0.39 is 0 Å². The normalized spacial score (nSPS) is 27.4. The fourth-order valence-corrected chi connectivity index (χ4v) is 1.94. The Labute approximate surface area is 75.6 Å². The van der Waals surface area contributed by atoms with E-state index in [1.165, 1.54) is 44.2 Å². The first kappa shape index (κ1) is 9.50. The van der Waals surface area contributed by atoms with E-state index in [0.717, 1.165) is 5.92 Å². The Morgan fingerprint density at radius 3 is 3.17 bits per heavy atom. The van der Waals surface area contributed by atoms with E-state index in [9.17, 15) is 0 Å². The third-order valence-corrected chi connectivity index (χ3v) is 2.70. The second-order valence-corrected chi connectivity index (χ2v) is 3.62. The molecule has 0 radical (unpaired) electrons. The monoisotopic (exact) mass is 165 g/mol. The van der Waals surface area contributed by atoms with Crippen molar-refractivity contribution in [2.24, 2.45) is 10.9 Å². The van der Waals surface area contributed by atoms with E-state index in [1.807, 2.05) is 13.1 Å². The molecule has 1 saturated carbocycles. The van der Waals surface area contributed by atoms with Crippen molar-refractivity contribution in [2.75, 3.05) is 7.05 Å². The van der Waals surface area contributed by atoms with E-state index in [2.05, 4.69) is 11.6 Å². The first-order valence-corrected chi connectivity index (χ1v) is 4.92. The molecule has 0 aliphatic heterocycles. The Bertz CT molecular complexity index is 170. The number of nitrogens with zero attached hydrogens (tertiary/aromatic N) is 1. The first-order chi connectivity index (χ1) is 5.86. The lowest BCUT2D eigenvalue weighted by molar-refractivity contribution is 0.432. The molecule has 0 bridgehead atoms. The van der Waals surface area contributed by atoms with Crippen LogP contribution in [0.25, 0.3) is 0 Å². The lowest BCUT2D eigenvalue weighted by atomic mass is 9.85. The highest BCUT2D eigenvalue weighted by Gasteiger charge is 2.16. The van der Waals surface area contributed by atoms with Gasteiger partial charge in [0.1, 0.15) is 0 Å².